The highest BCUT2D eigenvalue weighted by Crippen LogP contribution is 2.16. The molecular formula is C11H15BN2O4. The molecule has 1 fully saturated rings. The number of piperazine rings is 1. The molecule has 0 bridgehead atoms. The highest BCUT2D eigenvalue weighted by Gasteiger charge is 2.18. The van der Waals surface area contributed by atoms with Gasteiger partial charge in [-0.1, -0.05) is 0 Å². The molecule has 0 aromatic heterocycles. The Labute approximate surface area is 105 Å². The third kappa shape index (κ3) is 2.81. The number of nitrogens with zero attached hydrogens (tertiary/aromatic N) is 1. The van der Waals surface area contributed by atoms with Crippen LogP contribution in [0.25, 0.3) is 0 Å². The standard InChI is InChI=1S/C11H15BN2O4/c15-11(16)8-5-9(12(17)18)7-10(6-8)14-3-1-13-2-4-14/h5-7,13,17-18H,1-4H2,(H,15,16). The van der Waals surface area contributed by atoms with Crippen molar-refractivity contribution in [2.45, 2.75) is 0 Å². The van der Waals surface area contributed by atoms with Crippen LogP contribution in [0.2, 0.25) is 0 Å². The molecular weight excluding hydrogens is 235 g/mol. The summed E-state index contributed by atoms with van der Waals surface area (Å²) in [6, 6.07) is 4.45. The van der Waals surface area contributed by atoms with Gasteiger partial charge in [0.2, 0.25) is 0 Å². The number of anilines is 1. The average Bonchev–Trinajstić information content (AvgIpc) is 2.39. The monoisotopic (exact) mass is 250 g/mol. The van der Waals surface area contributed by atoms with Crippen LogP contribution in [0.3, 0.4) is 0 Å². The first-order chi connectivity index (χ1) is 8.58. The highest BCUT2D eigenvalue weighted by atomic mass is 16.4. The van der Waals surface area contributed by atoms with Gasteiger partial charge in [-0.2, -0.15) is 0 Å². The fourth-order valence-corrected chi connectivity index (χ4v) is 2.01. The predicted molar refractivity (Wildman–Crippen MR) is 68.3 cm³/mol. The number of carboxylic acid groups (broad SMARTS) is 1. The summed E-state index contributed by atoms with van der Waals surface area (Å²) < 4.78 is 0. The van der Waals surface area contributed by atoms with E-state index < -0.39 is 13.1 Å². The van der Waals surface area contributed by atoms with E-state index in [2.05, 4.69) is 5.32 Å². The number of carboxylic acids is 1. The van der Waals surface area contributed by atoms with Crippen LogP contribution in [0.1, 0.15) is 10.4 Å². The van der Waals surface area contributed by atoms with E-state index >= 15 is 0 Å². The maximum atomic E-state index is 11.0. The van der Waals surface area contributed by atoms with Crippen molar-refractivity contribution in [1.82, 2.24) is 5.32 Å². The summed E-state index contributed by atoms with van der Waals surface area (Å²) in [7, 11) is -1.66. The molecule has 0 radical (unpaired) electrons. The maximum Gasteiger partial charge on any atom is 0.488 e. The van der Waals surface area contributed by atoms with E-state index in [0.717, 1.165) is 26.2 Å². The van der Waals surface area contributed by atoms with Gasteiger partial charge in [0.15, 0.2) is 0 Å². The van der Waals surface area contributed by atoms with Gasteiger partial charge in [-0.3, -0.25) is 0 Å². The summed E-state index contributed by atoms with van der Waals surface area (Å²) in [5.41, 5.74) is 0.970. The van der Waals surface area contributed by atoms with Crippen molar-refractivity contribution in [3.05, 3.63) is 23.8 Å². The van der Waals surface area contributed by atoms with Crippen molar-refractivity contribution < 1.29 is 19.9 Å². The fraction of sp³-hybridized carbons (Fsp3) is 0.364. The summed E-state index contributed by atoms with van der Waals surface area (Å²) in [6.45, 7) is 3.19. The van der Waals surface area contributed by atoms with Crippen molar-refractivity contribution in [1.29, 1.82) is 0 Å². The minimum absolute atomic E-state index is 0.0640. The van der Waals surface area contributed by atoms with Crippen molar-refractivity contribution in [3.8, 4) is 0 Å². The maximum absolute atomic E-state index is 11.0. The second-order valence-electron chi connectivity index (χ2n) is 4.23. The summed E-state index contributed by atoms with van der Waals surface area (Å²) in [5, 5.41) is 30.6. The van der Waals surface area contributed by atoms with Gasteiger partial charge in [0.1, 0.15) is 0 Å². The van der Waals surface area contributed by atoms with Crippen LogP contribution in [0, 0.1) is 0 Å². The van der Waals surface area contributed by atoms with E-state index in [1.165, 1.54) is 6.07 Å². The van der Waals surface area contributed by atoms with Gasteiger partial charge >= 0.3 is 13.1 Å². The lowest BCUT2D eigenvalue weighted by Crippen LogP contribution is -2.44. The van der Waals surface area contributed by atoms with E-state index in [1.54, 1.807) is 12.1 Å². The Morgan fingerprint density at radius 2 is 1.89 bits per heavy atom. The number of hydrogen-bond acceptors (Lipinski definition) is 5. The Morgan fingerprint density at radius 1 is 1.22 bits per heavy atom. The molecule has 1 heterocycles. The van der Waals surface area contributed by atoms with Crippen molar-refractivity contribution in [2.75, 3.05) is 31.1 Å². The first kappa shape index (κ1) is 12.9. The molecule has 1 aromatic rings. The average molecular weight is 250 g/mol. The Kier molecular flexibility index (Phi) is 3.85. The molecule has 0 unspecified atom stereocenters. The topological polar surface area (TPSA) is 93.0 Å². The molecule has 0 spiro atoms. The molecule has 0 saturated carbocycles. The number of benzene rings is 1. The Hall–Kier alpha value is -1.57. The summed E-state index contributed by atoms with van der Waals surface area (Å²) in [4.78, 5) is 13.0. The molecule has 6 nitrogen and oxygen atoms in total. The summed E-state index contributed by atoms with van der Waals surface area (Å²) in [6.07, 6.45) is 0. The zero-order valence-electron chi connectivity index (χ0n) is 9.83. The lowest BCUT2D eigenvalue weighted by Gasteiger charge is -2.30. The molecule has 96 valence electrons. The summed E-state index contributed by atoms with van der Waals surface area (Å²) >= 11 is 0. The van der Waals surface area contributed by atoms with Crippen molar-refractivity contribution >= 4 is 24.2 Å². The quantitative estimate of drug-likeness (QED) is 0.486. The smallest absolute Gasteiger partial charge is 0.478 e. The van der Waals surface area contributed by atoms with Crippen molar-refractivity contribution in [2.24, 2.45) is 0 Å². The molecule has 18 heavy (non-hydrogen) atoms. The minimum Gasteiger partial charge on any atom is -0.478 e. The van der Waals surface area contributed by atoms with Crippen LogP contribution < -0.4 is 15.7 Å². The van der Waals surface area contributed by atoms with Crippen LogP contribution >= 0.6 is 0 Å². The lowest BCUT2D eigenvalue weighted by molar-refractivity contribution is 0.0697. The normalized spacial score (nSPS) is 15.6. The van der Waals surface area contributed by atoms with Crippen LogP contribution in [-0.2, 0) is 0 Å². The fourth-order valence-electron chi connectivity index (χ4n) is 2.01. The largest absolute Gasteiger partial charge is 0.488 e. The number of hydrogen-bond donors (Lipinski definition) is 4. The van der Waals surface area contributed by atoms with Gasteiger partial charge in [-0.15, -0.1) is 0 Å². The zero-order chi connectivity index (χ0) is 13.1. The van der Waals surface area contributed by atoms with Gasteiger partial charge in [0, 0.05) is 31.9 Å². The molecule has 0 atom stereocenters. The van der Waals surface area contributed by atoms with Crippen molar-refractivity contribution in [3.63, 3.8) is 0 Å². The van der Waals surface area contributed by atoms with Gasteiger partial charge in [0.05, 0.1) is 5.56 Å². The molecule has 2 rings (SSSR count). The van der Waals surface area contributed by atoms with Gasteiger partial charge in [-0.05, 0) is 23.7 Å². The molecule has 0 aliphatic carbocycles. The van der Waals surface area contributed by atoms with E-state index in [-0.39, 0.29) is 11.0 Å². The van der Waals surface area contributed by atoms with E-state index in [0.29, 0.717) is 5.69 Å². The Morgan fingerprint density at radius 3 is 2.44 bits per heavy atom. The first-order valence-corrected chi connectivity index (χ1v) is 5.78. The van der Waals surface area contributed by atoms with Crippen LogP contribution in [0.4, 0.5) is 5.69 Å². The van der Waals surface area contributed by atoms with E-state index in [9.17, 15) is 14.8 Å². The highest BCUT2D eigenvalue weighted by molar-refractivity contribution is 6.58. The third-order valence-electron chi connectivity index (χ3n) is 2.97. The molecule has 1 aliphatic heterocycles. The minimum atomic E-state index is -1.66. The number of rotatable bonds is 3. The summed E-state index contributed by atoms with van der Waals surface area (Å²) in [5.74, 6) is -1.08. The van der Waals surface area contributed by atoms with Crippen LogP contribution in [-0.4, -0.2) is 54.4 Å². The second kappa shape index (κ2) is 5.39. The number of carbonyl (C=O) groups is 1. The molecule has 0 amide bonds. The molecule has 7 heteroatoms. The zero-order valence-corrected chi connectivity index (χ0v) is 9.83. The molecule has 1 aliphatic rings. The predicted octanol–water partition coefficient (Wildman–Crippen LogP) is -1.53. The lowest BCUT2D eigenvalue weighted by atomic mass is 9.79. The SMILES string of the molecule is O=C(O)c1cc(B(O)O)cc(N2CCNCC2)c1. The Bertz CT molecular complexity index is 447. The van der Waals surface area contributed by atoms with Gasteiger partial charge in [0.25, 0.3) is 0 Å². The second-order valence-corrected chi connectivity index (χ2v) is 4.23. The number of nitrogens with one attached hydrogen (secondary N) is 1. The van der Waals surface area contributed by atoms with E-state index in [4.69, 9.17) is 5.11 Å². The third-order valence-corrected chi connectivity index (χ3v) is 2.97. The Balaban J connectivity index is 2.35. The molecule has 1 aromatic carbocycles. The number of aromatic carboxylic acids is 1. The van der Waals surface area contributed by atoms with Gasteiger partial charge < -0.3 is 25.4 Å². The van der Waals surface area contributed by atoms with Gasteiger partial charge in [-0.25, -0.2) is 4.79 Å². The molecule has 4 N–H and O–H groups in total. The van der Waals surface area contributed by atoms with Crippen LogP contribution in [0.5, 0.6) is 0 Å². The van der Waals surface area contributed by atoms with Crippen LogP contribution in [0.15, 0.2) is 18.2 Å². The molecule has 1 saturated heterocycles. The van der Waals surface area contributed by atoms with E-state index in [1.807, 2.05) is 4.90 Å². The first-order valence-electron chi connectivity index (χ1n) is 5.78.